The Morgan fingerprint density at radius 1 is 1.16 bits per heavy atom. The molecule has 0 heterocycles. The van der Waals surface area contributed by atoms with Crippen molar-refractivity contribution in [1.82, 2.24) is 0 Å². The molecular weight excluding hydrogens is 256 g/mol. The molecule has 19 heavy (non-hydrogen) atoms. The minimum Gasteiger partial charge on any atom is -0.496 e. The van der Waals surface area contributed by atoms with Crippen LogP contribution in [0.5, 0.6) is 5.75 Å². The van der Waals surface area contributed by atoms with Crippen molar-refractivity contribution in [3.63, 3.8) is 0 Å². The summed E-state index contributed by atoms with van der Waals surface area (Å²) in [6.07, 6.45) is 2.31. The SMILES string of the molecule is C=S.CC.COC(=C1CC1)c1ccc(C)cc1OC. The number of allylic oxidation sites excluding steroid dienone is 1. The monoisotopic (exact) mass is 280 g/mol. The van der Waals surface area contributed by atoms with E-state index in [2.05, 4.69) is 37.1 Å². The molecule has 0 aromatic heterocycles. The van der Waals surface area contributed by atoms with Gasteiger partial charge in [-0.25, -0.2) is 0 Å². The first-order valence-electron chi connectivity index (χ1n) is 6.46. The summed E-state index contributed by atoms with van der Waals surface area (Å²) in [6.45, 7) is 6.06. The van der Waals surface area contributed by atoms with Gasteiger partial charge in [-0.3, -0.25) is 0 Å². The topological polar surface area (TPSA) is 18.5 Å². The minimum absolute atomic E-state index is 0.895. The van der Waals surface area contributed by atoms with Crippen LogP contribution in [0.3, 0.4) is 0 Å². The van der Waals surface area contributed by atoms with Crippen LogP contribution in [0.1, 0.15) is 37.8 Å². The molecule has 1 aromatic rings. The lowest BCUT2D eigenvalue weighted by Crippen LogP contribution is -1.94. The highest BCUT2D eigenvalue weighted by Crippen LogP contribution is 2.39. The van der Waals surface area contributed by atoms with E-state index in [9.17, 15) is 0 Å². The molecule has 1 fully saturated rings. The van der Waals surface area contributed by atoms with Gasteiger partial charge in [-0.05, 0) is 48.9 Å². The Morgan fingerprint density at radius 2 is 1.74 bits per heavy atom. The number of thiocarbonyl (C=S) groups is 1. The molecule has 0 atom stereocenters. The Hall–Kier alpha value is -1.35. The number of methoxy groups -OCH3 is 2. The molecule has 0 amide bonds. The predicted octanol–water partition coefficient (Wildman–Crippen LogP) is 4.80. The predicted molar refractivity (Wildman–Crippen MR) is 87.0 cm³/mol. The van der Waals surface area contributed by atoms with Gasteiger partial charge in [0.05, 0.1) is 19.8 Å². The second kappa shape index (κ2) is 9.56. The molecule has 106 valence electrons. The van der Waals surface area contributed by atoms with Gasteiger partial charge >= 0.3 is 0 Å². The average molecular weight is 280 g/mol. The summed E-state index contributed by atoms with van der Waals surface area (Å²) < 4.78 is 10.8. The Labute approximate surface area is 122 Å². The summed E-state index contributed by atoms with van der Waals surface area (Å²) in [5, 5.41) is 0. The van der Waals surface area contributed by atoms with Gasteiger partial charge in [0.2, 0.25) is 0 Å². The van der Waals surface area contributed by atoms with E-state index in [0.717, 1.165) is 29.9 Å². The van der Waals surface area contributed by atoms with Crippen molar-refractivity contribution in [3.05, 3.63) is 34.9 Å². The molecule has 2 nitrogen and oxygen atoms in total. The van der Waals surface area contributed by atoms with Crippen LogP contribution in [0.2, 0.25) is 0 Å². The summed E-state index contributed by atoms with van der Waals surface area (Å²) in [7, 11) is 3.42. The summed E-state index contributed by atoms with van der Waals surface area (Å²) >= 11 is 3.83. The summed E-state index contributed by atoms with van der Waals surface area (Å²) in [4.78, 5) is 0. The van der Waals surface area contributed by atoms with Gasteiger partial charge < -0.3 is 9.47 Å². The first-order chi connectivity index (χ1) is 9.26. The van der Waals surface area contributed by atoms with Crippen molar-refractivity contribution >= 4 is 23.8 Å². The van der Waals surface area contributed by atoms with Crippen LogP contribution in [0.4, 0.5) is 0 Å². The molecule has 0 unspecified atom stereocenters. The maximum absolute atomic E-state index is 5.44. The van der Waals surface area contributed by atoms with E-state index in [0.29, 0.717) is 0 Å². The third kappa shape index (κ3) is 5.03. The maximum atomic E-state index is 5.44. The van der Waals surface area contributed by atoms with Crippen molar-refractivity contribution in [2.45, 2.75) is 33.6 Å². The van der Waals surface area contributed by atoms with Gasteiger partial charge in [0.15, 0.2) is 0 Å². The van der Waals surface area contributed by atoms with E-state index in [1.165, 1.54) is 11.1 Å². The van der Waals surface area contributed by atoms with Gasteiger partial charge in [0.1, 0.15) is 11.5 Å². The highest BCUT2D eigenvalue weighted by atomic mass is 32.1. The maximum Gasteiger partial charge on any atom is 0.130 e. The molecule has 0 aliphatic heterocycles. The zero-order valence-corrected chi connectivity index (χ0v) is 13.4. The molecule has 2 rings (SSSR count). The average Bonchev–Trinajstić information content (AvgIpc) is 3.30. The van der Waals surface area contributed by atoms with Gasteiger partial charge in [-0.15, -0.1) is 0 Å². The van der Waals surface area contributed by atoms with Crippen molar-refractivity contribution < 1.29 is 9.47 Å². The van der Waals surface area contributed by atoms with Crippen LogP contribution < -0.4 is 4.74 Å². The third-order valence-electron chi connectivity index (χ3n) is 2.63. The third-order valence-corrected chi connectivity index (χ3v) is 2.63. The number of hydrogen-bond donors (Lipinski definition) is 0. The molecule has 0 N–H and O–H groups in total. The lowest BCUT2D eigenvalue weighted by molar-refractivity contribution is 0.360. The normalized spacial score (nSPS) is 11.3. The quantitative estimate of drug-likeness (QED) is 0.585. The number of benzene rings is 1. The molecule has 0 bridgehead atoms. The number of rotatable bonds is 3. The van der Waals surface area contributed by atoms with Crippen molar-refractivity contribution in [3.8, 4) is 5.75 Å². The van der Waals surface area contributed by atoms with Crippen LogP contribution in [0.25, 0.3) is 5.76 Å². The fourth-order valence-corrected chi connectivity index (χ4v) is 1.72. The minimum atomic E-state index is 0.895. The largest absolute Gasteiger partial charge is 0.496 e. The Balaban J connectivity index is 0.000000741. The van der Waals surface area contributed by atoms with E-state index in [1.807, 2.05) is 19.9 Å². The lowest BCUT2D eigenvalue weighted by atomic mass is 10.1. The molecule has 0 saturated heterocycles. The van der Waals surface area contributed by atoms with Gasteiger partial charge in [0, 0.05) is 0 Å². The summed E-state index contributed by atoms with van der Waals surface area (Å²) in [6, 6.07) is 6.19. The van der Waals surface area contributed by atoms with Crippen molar-refractivity contribution in [2.24, 2.45) is 0 Å². The standard InChI is InChI=1S/C13H16O2.C2H6.CH2S/c1-9-4-7-11(12(8-9)14-2)13(15-3)10-5-6-10;2*1-2/h4,7-8H,5-6H2,1-3H3;1-2H3;1H2. The van der Waals surface area contributed by atoms with E-state index >= 15 is 0 Å². The van der Waals surface area contributed by atoms with Gasteiger partial charge in [-0.2, -0.15) is 0 Å². The molecular formula is C16H24O2S. The van der Waals surface area contributed by atoms with E-state index in [4.69, 9.17) is 9.47 Å². The molecule has 1 aliphatic carbocycles. The summed E-state index contributed by atoms with van der Waals surface area (Å²) in [5.74, 6) is 4.72. The Morgan fingerprint density at radius 3 is 2.16 bits per heavy atom. The zero-order chi connectivity index (χ0) is 14.8. The van der Waals surface area contributed by atoms with Crippen molar-refractivity contribution in [2.75, 3.05) is 14.2 Å². The number of aryl methyl sites for hydroxylation is 1. The first kappa shape index (κ1) is 17.6. The molecule has 3 heteroatoms. The van der Waals surface area contributed by atoms with Crippen LogP contribution in [-0.2, 0) is 4.74 Å². The Kier molecular flexibility index (Phi) is 8.88. The fourth-order valence-electron chi connectivity index (χ4n) is 1.72. The molecule has 1 aromatic carbocycles. The van der Waals surface area contributed by atoms with Crippen LogP contribution in [0.15, 0.2) is 23.8 Å². The smallest absolute Gasteiger partial charge is 0.130 e. The summed E-state index contributed by atoms with van der Waals surface area (Å²) in [5.41, 5.74) is 3.66. The van der Waals surface area contributed by atoms with Crippen molar-refractivity contribution in [1.29, 1.82) is 0 Å². The molecule has 0 spiro atoms. The lowest BCUT2D eigenvalue weighted by Gasteiger charge is -2.11. The van der Waals surface area contributed by atoms with Crippen LogP contribution in [-0.4, -0.2) is 20.1 Å². The second-order valence-electron chi connectivity index (χ2n) is 3.84. The van der Waals surface area contributed by atoms with Crippen LogP contribution >= 0.6 is 12.2 Å². The van der Waals surface area contributed by atoms with E-state index < -0.39 is 0 Å². The highest BCUT2D eigenvalue weighted by molar-refractivity contribution is 7.77. The van der Waals surface area contributed by atoms with Gasteiger partial charge in [-0.1, -0.05) is 32.1 Å². The van der Waals surface area contributed by atoms with Gasteiger partial charge in [0.25, 0.3) is 0 Å². The number of ether oxygens (including phenoxy) is 2. The molecule has 1 saturated carbocycles. The highest BCUT2D eigenvalue weighted by Gasteiger charge is 2.22. The molecule has 0 radical (unpaired) electrons. The zero-order valence-electron chi connectivity index (χ0n) is 12.6. The first-order valence-corrected chi connectivity index (χ1v) is 7.04. The Bertz CT molecular complexity index is 419. The number of hydrogen-bond acceptors (Lipinski definition) is 3. The van der Waals surface area contributed by atoms with E-state index in [1.54, 1.807) is 14.2 Å². The molecule has 1 aliphatic rings. The van der Waals surface area contributed by atoms with Crippen LogP contribution in [0, 0.1) is 6.92 Å². The second-order valence-corrected chi connectivity index (χ2v) is 3.84. The van der Waals surface area contributed by atoms with E-state index in [-0.39, 0.29) is 0 Å². The fraction of sp³-hybridized carbons (Fsp3) is 0.438.